The number of carboxylic acids is 1. The minimum atomic E-state index is -0.921. The van der Waals surface area contributed by atoms with Crippen LogP contribution in [0.25, 0.3) is 10.9 Å². The van der Waals surface area contributed by atoms with Crippen molar-refractivity contribution in [2.24, 2.45) is 0 Å². The fourth-order valence-electron chi connectivity index (χ4n) is 2.13. The van der Waals surface area contributed by atoms with E-state index in [9.17, 15) is 9.90 Å². The van der Waals surface area contributed by atoms with Crippen molar-refractivity contribution in [2.45, 2.75) is 10.8 Å². The Kier molecular flexibility index (Phi) is 3.88. The zero-order chi connectivity index (χ0) is 14.7. The topological polar surface area (TPSA) is 50.2 Å². The quantitative estimate of drug-likeness (QED) is 0.732. The molecule has 0 fully saturated rings. The van der Waals surface area contributed by atoms with Crippen LogP contribution < -0.4 is 0 Å². The molecule has 0 aliphatic heterocycles. The van der Waals surface area contributed by atoms with Gasteiger partial charge in [-0.3, -0.25) is 0 Å². The summed E-state index contributed by atoms with van der Waals surface area (Å²) in [6.45, 7) is 0. The van der Waals surface area contributed by atoms with E-state index in [1.165, 1.54) is 5.56 Å². The fourth-order valence-corrected chi connectivity index (χ4v) is 3.00. The fraction of sp³-hybridized carbons (Fsp3) is 0.0588. The van der Waals surface area contributed by atoms with Crippen LogP contribution in [0.4, 0.5) is 0 Å². The molecular formula is C17H13NO2S. The molecule has 3 rings (SSSR count). The number of rotatable bonds is 4. The highest BCUT2D eigenvalue weighted by atomic mass is 32.2. The molecule has 0 unspecified atom stereocenters. The van der Waals surface area contributed by atoms with Gasteiger partial charge in [-0.1, -0.05) is 48.5 Å². The summed E-state index contributed by atoms with van der Waals surface area (Å²) < 4.78 is 0. The molecule has 1 heterocycles. The number of aromatic nitrogens is 1. The number of nitrogens with zero attached hydrogens (tertiary/aromatic N) is 1. The monoisotopic (exact) mass is 295 g/mol. The number of hydrogen-bond donors (Lipinski definition) is 1. The van der Waals surface area contributed by atoms with Crippen molar-refractivity contribution in [3.63, 3.8) is 0 Å². The van der Waals surface area contributed by atoms with Gasteiger partial charge in [0.15, 0.2) is 0 Å². The molecule has 21 heavy (non-hydrogen) atoms. The number of thioether (sulfide) groups is 1. The molecule has 0 saturated carbocycles. The van der Waals surface area contributed by atoms with Gasteiger partial charge in [0.2, 0.25) is 0 Å². The summed E-state index contributed by atoms with van der Waals surface area (Å²) in [5.41, 5.74) is 2.21. The summed E-state index contributed by atoms with van der Waals surface area (Å²) in [6.07, 6.45) is 0. The zero-order valence-electron chi connectivity index (χ0n) is 11.2. The Balaban J connectivity index is 1.94. The number of carboxylic acid groups (broad SMARTS) is 1. The van der Waals surface area contributed by atoms with Crippen molar-refractivity contribution < 1.29 is 9.90 Å². The highest BCUT2D eigenvalue weighted by molar-refractivity contribution is 7.98. The number of pyridine rings is 1. The van der Waals surface area contributed by atoms with E-state index in [4.69, 9.17) is 0 Å². The van der Waals surface area contributed by atoms with Gasteiger partial charge in [-0.05, 0) is 17.7 Å². The average Bonchev–Trinajstić information content (AvgIpc) is 2.53. The van der Waals surface area contributed by atoms with Crippen LogP contribution in [0, 0.1) is 0 Å². The molecule has 0 spiro atoms. The van der Waals surface area contributed by atoms with E-state index in [1.54, 1.807) is 23.9 Å². The van der Waals surface area contributed by atoms with Gasteiger partial charge in [-0.2, -0.15) is 0 Å². The van der Waals surface area contributed by atoms with Gasteiger partial charge in [-0.25, -0.2) is 9.78 Å². The molecule has 0 saturated heterocycles. The van der Waals surface area contributed by atoms with Gasteiger partial charge in [0, 0.05) is 11.1 Å². The smallest absolute Gasteiger partial charge is 0.336 e. The normalized spacial score (nSPS) is 10.7. The van der Waals surface area contributed by atoms with Crippen LogP contribution in [0.3, 0.4) is 0 Å². The molecule has 3 aromatic rings. The third-order valence-electron chi connectivity index (χ3n) is 3.15. The summed E-state index contributed by atoms with van der Waals surface area (Å²) >= 11 is 1.55. The van der Waals surface area contributed by atoms with Crippen LogP contribution in [0.1, 0.15) is 15.9 Å². The lowest BCUT2D eigenvalue weighted by Gasteiger charge is -2.06. The van der Waals surface area contributed by atoms with Crippen molar-refractivity contribution in [1.82, 2.24) is 4.98 Å². The molecule has 4 heteroatoms. The van der Waals surface area contributed by atoms with Crippen LogP contribution >= 0.6 is 11.8 Å². The minimum Gasteiger partial charge on any atom is -0.478 e. The van der Waals surface area contributed by atoms with Gasteiger partial charge < -0.3 is 5.11 Å². The maximum Gasteiger partial charge on any atom is 0.336 e. The van der Waals surface area contributed by atoms with Gasteiger partial charge in [-0.15, -0.1) is 11.8 Å². The van der Waals surface area contributed by atoms with Crippen molar-refractivity contribution in [2.75, 3.05) is 0 Å². The number of carbonyl (C=O) groups is 1. The van der Waals surface area contributed by atoms with Crippen LogP contribution in [-0.4, -0.2) is 16.1 Å². The molecular weight excluding hydrogens is 282 g/mol. The maximum atomic E-state index is 11.4. The molecule has 104 valence electrons. The first kappa shape index (κ1) is 13.6. The Morgan fingerprint density at radius 3 is 2.52 bits per heavy atom. The van der Waals surface area contributed by atoms with E-state index in [0.717, 1.165) is 10.8 Å². The predicted molar refractivity (Wildman–Crippen MR) is 84.7 cm³/mol. The second-order valence-electron chi connectivity index (χ2n) is 4.60. The van der Waals surface area contributed by atoms with Gasteiger partial charge in [0.1, 0.15) is 0 Å². The van der Waals surface area contributed by atoms with Crippen molar-refractivity contribution in [1.29, 1.82) is 0 Å². The number of para-hydroxylation sites is 1. The van der Waals surface area contributed by atoms with E-state index in [1.807, 2.05) is 48.5 Å². The second kappa shape index (κ2) is 5.97. The summed E-state index contributed by atoms with van der Waals surface area (Å²) in [4.78, 5) is 15.9. The molecule has 1 aromatic heterocycles. The van der Waals surface area contributed by atoms with E-state index in [0.29, 0.717) is 16.5 Å². The molecule has 0 aliphatic rings. The van der Waals surface area contributed by atoms with Gasteiger partial charge in [0.05, 0.1) is 16.1 Å². The molecule has 0 radical (unpaired) electrons. The molecule has 2 aromatic carbocycles. The van der Waals surface area contributed by atoms with Crippen molar-refractivity contribution in [3.8, 4) is 0 Å². The summed E-state index contributed by atoms with van der Waals surface area (Å²) in [7, 11) is 0. The lowest BCUT2D eigenvalue weighted by molar-refractivity contribution is 0.0698. The van der Waals surface area contributed by atoms with Crippen LogP contribution in [0.5, 0.6) is 0 Å². The van der Waals surface area contributed by atoms with E-state index >= 15 is 0 Å². The standard InChI is InChI=1S/C17H13NO2S/c19-17(20)14-10-16(18-15-9-5-4-8-13(14)15)21-11-12-6-2-1-3-7-12/h1-10H,11H2,(H,19,20). The number of benzene rings is 2. The molecule has 1 N–H and O–H groups in total. The molecule has 0 amide bonds. The minimum absolute atomic E-state index is 0.302. The van der Waals surface area contributed by atoms with Crippen LogP contribution in [0.15, 0.2) is 65.7 Å². The first-order valence-electron chi connectivity index (χ1n) is 6.54. The van der Waals surface area contributed by atoms with Gasteiger partial charge in [0.25, 0.3) is 0 Å². The Labute approximate surface area is 126 Å². The van der Waals surface area contributed by atoms with E-state index in [-0.39, 0.29) is 0 Å². The van der Waals surface area contributed by atoms with Crippen molar-refractivity contribution in [3.05, 3.63) is 71.8 Å². The Morgan fingerprint density at radius 2 is 1.76 bits per heavy atom. The number of fused-ring (bicyclic) bond motifs is 1. The third-order valence-corrected chi connectivity index (χ3v) is 4.14. The van der Waals surface area contributed by atoms with Crippen molar-refractivity contribution >= 4 is 28.6 Å². The first-order chi connectivity index (χ1) is 10.2. The summed E-state index contributed by atoms with van der Waals surface area (Å²) in [5, 5.41) is 10.8. The molecule has 3 nitrogen and oxygen atoms in total. The Hall–Kier alpha value is -2.33. The summed E-state index contributed by atoms with van der Waals surface area (Å²) in [6, 6.07) is 19.0. The lowest BCUT2D eigenvalue weighted by Crippen LogP contribution is -1.99. The average molecular weight is 295 g/mol. The molecule has 0 bridgehead atoms. The molecule has 0 atom stereocenters. The number of hydrogen-bond acceptors (Lipinski definition) is 3. The summed E-state index contributed by atoms with van der Waals surface area (Å²) in [5.74, 6) is -0.152. The first-order valence-corrected chi connectivity index (χ1v) is 7.52. The maximum absolute atomic E-state index is 11.4. The predicted octanol–water partition coefficient (Wildman–Crippen LogP) is 4.23. The highest BCUT2D eigenvalue weighted by Gasteiger charge is 2.11. The Morgan fingerprint density at radius 1 is 1.05 bits per heavy atom. The van der Waals surface area contributed by atoms with Crippen LogP contribution in [-0.2, 0) is 5.75 Å². The second-order valence-corrected chi connectivity index (χ2v) is 5.60. The lowest BCUT2D eigenvalue weighted by atomic mass is 10.1. The highest BCUT2D eigenvalue weighted by Crippen LogP contribution is 2.26. The number of aromatic carboxylic acids is 1. The third kappa shape index (κ3) is 3.06. The van der Waals surface area contributed by atoms with E-state index in [2.05, 4.69) is 4.98 Å². The zero-order valence-corrected chi connectivity index (χ0v) is 12.0. The van der Waals surface area contributed by atoms with Crippen LogP contribution in [0.2, 0.25) is 0 Å². The Bertz CT molecular complexity index is 787. The molecule has 0 aliphatic carbocycles. The van der Waals surface area contributed by atoms with E-state index < -0.39 is 5.97 Å². The SMILES string of the molecule is O=C(O)c1cc(SCc2ccccc2)nc2ccccc12. The largest absolute Gasteiger partial charge is 0.478 e. The van der Waals surface area contributed by atoms with Gasteiger partial charge >= 0.3 is 5.97 Å².